The van der Waals surface area contributed by atoms with Gasteiger partial charge in [0.2, 0.25) is 0 Å². The second-order valence-electron chi connectivity index (χ2n) is 5.95. The monoisotopic (exact) mass is 355 g/mol. The van der Waals surface area contributed by atoms with Gasteiger partial charge in [0.1, 0.15) is 23.7 Å². The lowest BCUT2D eigenvalue weighted by molar-refractivity contribution is 0.587. The largest absolute Gasteiger partial charge is 0.385 e. The fourth-order valence-electron chi connectivity index (χ4n) is 3.05. The molecule has 7 nitrogen and oxygen atoms in total. The number of nitrogens with one attached hydrogen (secondary N) is 1. The highest BCUT2D eigenvalue weighted by Crippen LogP contribution is 2.32. The molecule has 3 aromatic heterocycles. The van der Waals surface area contributed by atoms with Crippen molar-refractivity contribution in [1.82, 2.24) is 24.7 Å². The number of nitrogens with zero attached hydrogens (tertiary/aromatic N) is 4. The number of anilines is 2. The fraction of sp³-hybridized carbons (Fsp3) is 0.235. The van der Waals surface area contributed by atoms with Crippen molar-refractivity contribution in [2.45, 2.75) is 19.4 Å². The summed E-state index contributed by atoms with van der Waals surface area (Å²) in [5.41, 5.74) is 15.4. The third-order valence-corrected chi connectivity index (χ3v) is 4.49. The van der Waals surface area contributed by atoms with Gasteiger partial charge in [-0.1, -0.05) is 6.07 Å². The number of nitrogen functional groups attached to an aromatic ring is 2. The molecule has 128 valence electrons. The van der Waals surface area contributed by atoms with Crippen LogP contribution in [0.1, 0.15) is 12.8 Å². The third-order valence-electron chi connectivity index (χ3n) is 4.23. The summed E-state index contributed by atoms with van der Waals surface area (Å²) in [6, 6.07) is 7.92. The molecule has 4 rings (SSSR count). The van der Waals surface area contributed by atoms with Crippen LogP contribution in [-0.4, -0.2) is 30.6 Å². The Bertz CT molecular complexity index is 1050. The molecule has 0 saturated heterocycles. The molecule has 0 aliphatic carbocycles. The number of alkyl halides is 1. The molecule has 0 bridgehead atoms. The van der Waals surface area contributed by atoms with Crippen molar-refractivity contribution in [3.63, 3.8) is 0 Å². The Labute approximate surface area is 149 Å². The van der Waals surface area contributed by atoms with E-state index in [1.807, 2.05) is 28.9 Å². The van der Waals surface area contributed by atoms with Gasteiger partial charge < -0.3 is 16.5 Å². The van der Waals surface area contributed by atoms with E-state index in [4.69, 9.17) is 28.2 Å². The highest BCUT2D eigenvalue weighted by Gasteiger charge is 2.17. The molecule has 0 radical (unpaired) electrons. The lowest BCUT2D eigenvalue weighted by atomic mass is 10.1. The predicted molar refractivity (Wildman–Crippen MR) is 101 cm³/mol. The van der Waals surface area contributed by atoms with Gasteiger partial charge in [0.25, 0.3) is 0 Å². The van der Waals surface area contributed by atoms with Gasteiger partial charge in [-0.25, -0.2) is 14.6 Å². The second-order valence-corrected chi connectivity index (χ2v) is 6.33. The van der Waals surface area contributed by atoms with Gasteiger partial charge in [0.05, 0.1) is 5.39 Å². The van der Waals surface area contributed by atoms with Gasteiger partial charge in [-0.2, -0.15) is 5.10 Å². The van der Waals surface area contributed by atoms with Crippen molar-refractivity contribution in [1.29, 1.82) is 0 Å². The van der Waals surface area contributed by atoms with Crippen LogP contribution >= 0.6 is 11.6 Å². The zero-order chi connectivity index (χ0) is 17.4. The van der Waals surface area contributed by atoms with Gasteiger partial charge >= 0.3 is 0 Å². The van der Waals surface area contributed by atoms with Crippen molar-refractivity contribution >= 4 is 45.2 Å². The van der Waals surface area contributed by atoms with Crippen LogP contribution in [0.15, 0.2) is 30.6 Å². The van der Waals surface area contributed by atoms with Crippen LogP contribution in [0, 0.1) is 0 Å². The number of benzene rings is 1. The Morgan fingerprint density at radius 2 is 2.00 bits per heavy atom. The fourth-order valence-corrected chi connectivity index (χ4v) is 3.24. The number of aromatic amines is 1. The van der Waals surface area contributed by atoms with Crippen LogP contribution in [0.3, 0.4) is 0 Å². The molecule has 0 unspecified atom stereocenters. The Morgan fingerprint density at radius 1 is 1.12 bits per heavy atom. The number of aromatic nitrogens is 5. The van der Waals surface area contributed by atoms with Crippen molar-refractivity contribution in [2.75, 3.05) is 17.3 Å². The van der Waals surface area contributed by atoms with Crippen LogP contribution in [0.2, 0.25) is 0 Å². The number of nitrogens with two attached hydrogens (primary N) is 2. The summed E-state index contributed by atoms with van der Waals surface area (Å²) in [6.07, 6.45) is 3.32. The number of rotatable bonds is 5. The van der Waals surface area contributed by atoms with E-state index in [1.165, 1.54) is 6.33 Å². The first kappa shape index (κ1) is 15.7. The van der Waals surface area contributed by atoms with Crippen LogP contribution in [0.4, 0.5) is 11.6 Å². The zero-order valence-electron chi connectivity index (χ0n) is 13.5. The van der Waals surface area contributed by atoms with E-state index < -0.39 is 0 Å². The molecule has 1 aromatic carbocycles. The molecule has 0 atom stereocenters. The average molecular weight is 356 g/mol. The van der Waals surface area contributed by atoms with Crippen molar-refractivity contribution in [2.24, 2.45) is 0 Å². The molecular weight excluding hydrogens is 338 g/mol. The third kappa shape index (κ3) is 2.76. The molecule has 0 spiro atoms. The number of hydrogen-bond acceptors (Lipinski definition) is 5. The van der Waals surface area contributed by atoms with Gasteiger partial charge in [-0.15, -0.1) is 11.6 Å². The maximum Gasteiger partial charge on any atom is 0.163 e. The maximum atomic E-state index is 6.13. The molecule has 4 aromatic rings. The normalized spacial score (nSPS) is 11.6. The van der Waals surface area contributed by atoms with Gasteiger partial charge in [-0.3, -0.25) is 0 Å². The zero-order valence-corrected chi connectivity index (χ0v) is 14.3. The average Bonchev–Trinajstić information content (AvgIpc) is 3.15. The minimum atomic E-state index is 0.428. The summed E-state index contributed by atoms with van der Waals surface area (Å²) in [5.74, 6) is 1.69. The van der Waals surface area contributed by atoms with Crippen LogP contribution in [-0.2, 0) is 6.54 Å². The molecule has 0 aliphatic rings. The number of aryl methyl sites for hydroxylation is 1. The molecule has 3 heterocycles. The number of unbranched alkanes of at least 4 members (excludes halogenated alkanes) is 1. The van der Waals surface area contributed by atoms with E-state index in [1.54, 1.807) is 0 Å². The Kier molecular flexibility index (Phi) is 3.93. The first-order valence-corrected chi connectivity index (χ1v) is 8.62. The summed E-state index contributed by atoms with van der Waals surface area (Å²) in [4.78, 5) is 11.6. The minimum Gasteiger partial charge on any atom is -0.385 e. The van der Waals surface area contributed by atoms with E-state index in [9.17, 15) is 0 Å². The van der Waals surface area contributed by atoms with Crippen LogP contribution in [0.5, 0.6) is 0 Å². The lowest BCUT2D eigenvalue weighted by Gasteiger charge is -2.01. The number of hydrogen-bond donors (Lipinski definition) is 3. The molecule has 0 fully saturated rings. The standard InChI is InChI=1S/C17H18ClN7/c18-5-1-2-6-25-17-14(16(20)21-9-22-17)15(24-25)10-3-4-12-11(7-10)8-13(19)23-12/h3-4,7-9,23H,1-2,5-6,19H2,(H2,20,21,22). The molecule has 25 heavy (non-hydrogen) atoms. The molecule has 0 aliphatic heterocycles. The second kappa shape index (κ2) is 6.25. The summed E-state index contributed by atoms with van der Waals surface area (Å²) in [6.45, 7) is 0.735. The van der Waals surface area contributed by atoms with E-state index in [0.717, 1.165) is 52.6 Å². The quantitative estimate of drug-likeness (QED) is 0.376. The van der Waals surface area contributed by atoms with Crippen molar-refractivity contribution in [3.8, 4) is 11.3 Å². The Hall–Kier alpha value is -2.80. The predicted octanol–water partition coefficient (Wildman–Crippen LogP) is 3.16. The number of fused-ring (bicyclic) bond motifs is 2. The maximum absolute atomic E-state index is 6.13. The first-order chi connectivity index (χ1) is 12.2. The van der Waals surface area contributed by atoms with E-state index >= 15 is 0 Å². The van der Waals surface area contributed by atoms with Crippen molar-refractivity contribution in [3.05, 3.63) is 30.6 Å². The molecular formula is C17H18ClN7. The summed E-state index contributed by atoms with van der Waals surface area (Å²) in [7, 11) is 0. The molecule has 8 heteroatoms. The molecule has 0 saturated carbocycles. The van der Waals surface area contributed by atoms with Gasteiger partial charge in [-0.05, 0) is 31.0 Å². The first-order valence-electron chi connectivity index (χ1n) is 8.09. The lowest BCUT2D eigenvalue weighted by Crippen LogP contribution is -2.02. The van der Waals surface area contributed by atoms with E-state index in [2.05, 4.69) is 15.0 Å². The highest BCUT2D eigenvalue weighted by atomic mass is 35.5. The Morgan fingerprint density at radius 3 is 2.84 bits per heavy atom. The molecule has 5 N–H and O–H groups in total. The van der Waals surface area contributed by atoms with Gasteiger partial charge in [0.15, 0.2) is 5.65 Å². The smallest absolute Gasteiger partial charge is 0.163 e. The SMILES string of the molecule is Nc1cc2cc(-c3nn(CCCCCl)c4ncnc(N)c34)ccc2[nH]1. The summed E-state index contributed by atoms with van der Waals surface area (Å²) in [5, 5.41) is 6.55. The number of H-pyrrole nitrogens is 1. The summed E-state index contributed by atoms with van der Waals surface area (Å²) < 4.78 is 1.88. The van der Waals surface area contributed by atoms with E-state index in [0.29, 0.717) is 17.5 Å². The highest BCUT2D eigenvalue weighted by molar-refractivity contribution is 6.17. The topological polar surface area (TPSA) is 111 Å². The number of halogens is 1. The molecule has 0 amide bonds. The van der Waals surface area contributed by atoms with Crippen LogP contribution < -0.4 is 11.5 Å². The van der Waals surface area contributed by atoms with Crippen molar-refractivity contribution < 1.29 is 0 Å². The summed E-state index contributed by atoms with van der Waals surface area (Å²) >= 11 is 5.78. The van der Waals surface area contributed by atoms with E-state index in [-0.39, 0.29) is 0 Å². The van der Waals surface area contributed by atoms with Gasteiger partial charge in [0, 0.05) is 28.9 Å². The van der Waals surface area contributed by atoms with Crippen LogP contribution in [0.25, 0.3) is 33.2 Å². The Balaban J connectivity index is 1.87. The minimum absolute atomic E-state index is 0.428.